The van der Waals surface area contributed by atoms with Gasteiger partial charge in [0.1, 0.15) is 11.6 Å². The molecule has 8 aromatic rings. The van der Waals surface area contributed by atoms with Gasteiger partial charge in [0.25, 0.3) is 42.6 Å². The number of carbonyl (C=O) groups excluding carboxylic acids is 6. The number of nitrogen functional groups attached to an aromatic ring is 1. The van der Waals surface area contributed by atoms with Gasteiger partial charge in [-0.3, -0.25) is 47.8 Å². The number of likely N-dealkylation sites (tertiary alicyclic amines) is 2. The number of hydrogen-bond acceptors (Lipinski definition) is 12. The van der Waals surface area contributed by atoms with Gasteiger partial charge in [-0.1, -0.05) is 75.5 Å². The number of carbonyl (C=O) groups is 6. The average molecular weight is 1290 g/mol. The minimum atomic E-state index is -3.13. The maximum absolute atomic E-state index is 13.8. The van der Waals surface area contributed by atoms with Crippen LogP contribution in [0.2, 0.25) is 0 Å². The second-order valence-corrected chi connectivity index (χ2v) is 26.8. The Morgan fingerprint density at radius 3 is 1.38 bits per heavy atom. The van der Waals surface area contributed by atoms with Crippen molar-refractivity contribution in [3.63, 3.8) is 0 Å². The molecule has 0 saturated carbocycles. The fourth-order valence-electron chi connectivity index (χ4n) is 12.7. The van der Waals surface area contributed by atoms with Gasteiger partial charge in [-0.25, -0.2) is 19.3 Å². The minimum Gasteiger partial charge on any atom is -0.360 e. The van der Waals surface area contributed by atoms with Crippen LogP contribution in [0.5, 0.6) is 0 Å². The Bertz CT molecular complexity index is 3980. The molecule has 18 nitrogen and oxygen atoms in total. The minimum absolute atomic E-state index is 0. The number of nitrogens with zero attached hydrogens (tertiary/aromatic N) is 7. The van der Waals surface area contributed by atoms with Gasteiger partial charge in [-0.2, -0.15) is 0 Å². The number of rotatable bonds is 13. The molecule has 492 valence electrons. The fraction of sp³-hybridized carbons (Fsp3) is 0.361. The summed E-state index contributed by atoms with van der Waals surface area (Å²) in [4.78, 5) is 94.0. The van der Waals surface area contributed by atoms with E-state index in [0.717, 1.165) is 53.5 Å². The first-order valence-electron chi connectivity index (χ1n) is 31.0. The Hall–Kier alpha value is -8.65. The fourth-order valence-corrected chi connectivity index (χ4v) is 14.4. The monoisotopic (exact) mass is 1290 g/mol. The van der Waals surface area contributed by atoms with Crippen molar-refractivity contribution in [3.8, 4) is 0 Å². The number of amides is 4. The third-order valence-corrected chi connectivity index (χ3v) is 20.3. The van der Waals surface area contributed by atoms with Crippen LogP contribution in [0.1, 0.15) is 132 Å². The molecule has 2 aromatic heterocycles. The number of aromatic amines is 1. The van der Waals surface area contributed by atoms with Gasteiger partial charge in [-0.05, 0) is 162 Å². The van der Waals surface area contributed by atoms with E-state index in [4.69, 9.17) is 16.4 Å². The van der Waals surface area contributed by atoms with Gasteiger partial charge in [0.2, 0.25) is 0 Å². The molecule has 4 amide bonds. The van der Waals surface area contributed by atoms with Gasteiger partial charge < -0.3 is 30.4 Å². The number of nitrogens with one attached hydrogen (secondary N) is 1. The summed E-state index contributed by atoms with van der Waals surface area (Å²) < 4.78 is 45.4. The lowest BCUT2D eigenvalue weighted by Gasteiger charge is -2.44. The molecule has 6 heterocycles. The summed E-state index contributed by atoms with van der Waals surface area (Å²) in [5.74, 6) is 8.53. The summed E-state index contributed by atoms with van der Waals surface area (Å²) in [6.07, 6.45) is 6.67. The highest BCUT2D eigenvalue weighted by Gasteiger charge is 2.37. The highest BCUT2D eigenvalue weighted by Crippen LogP contribution is 2.42. The highest BCUT2D eigenvalue weighted by atomic mass is 31.2. The summed E-state index contributed by atoms with van der Waals surface area (Å²) in [6, 6.07) is 38.3. The summed E-state index contributed by atoms with van der Waals surface area (Å²) in [6.45, 7) is 18.2. The Morgan fingerprint density at radius 2 is 0.946 bits per heavy atom. The molecule has 4 saturated heterocycles. The maximum atomic E-state index is 13.8. The number of nitrogens with two attached hydrogens (primary N) is 2. The normalized spacial score (nSPS) is 18.4. The van der Waals surface area contributed by atoms with Crippen molar-refractivity contribution in [2.45, 2.75) is 119 Å². The molecular formula is C72H87F2N10O8P. The van der Waals surface area contributed by atoms with Gasteiger partial charge in [0, 0.05) is 140 Å². The second kappa shape index (κ2) is 30.4. The number of H-pyrrole nitrogens is 1. The number of Topliss-reactive ketones (excluding diaryl/α,β-unsaturated/α-hetero) is 2. The number of ketones is 2. The zero-order chi connectivity index (χ0) is 64.8. The van der Waals surface area contributed by atoms with Crippen molar-refractivity contribution in [1.29, 1.82) is 0 Å². The standard InChI is InChI=1S/C29H34FN5O3.C29H33FN4O3.C12H12NO2P.2CH4/c1-18-12-26-24(25(17-35(26)31)27(36)29(38)32-10-4-5-11-32)13-23(18)28(37)34-15-19(2)33(14-20(34)3)16-21-6-8-22(30)9-7-21;1-18-12-26-24(25(14-31-26)27(35)29(37)32-10-4-5-11-32)13-23(18)28(36)34-16-19(2)33(15-20(34)3)17-21-6-8-22(30)9-7-21;13-15-16(14,11-7-3-1-4-8-11)12-9-5-2-6-10-12;;/h6-9,12-13,17,19-20H,4-5,10-11,14-16,31H2,1-3H3;6-9,12-14,19-20,31H,4-5,10-11,15-17H2,1-3H3;1-10H,13H2;2*1H4/t2*19-,20+;;;/m00.../s1. The predicted octanol–water partition coefficient (Wildman–Crippen LogP) is 10.6. The number of benzene rings is 6. The molecule has 0 radical (unpaired) electrons. The Morgan fingerprint density at radius 1 is 0.538 bits per heavy atom. The quantitative estimate of drug-likeness (QED) is 0.0323. The molecule has 21 heteroatoms. The average Bonchev–Trinajstić information content (AvgIpc) is 1.69. The lowest BCUT2D eigenvalue weighted by atomic mass is 9.99. The summed E-state index contributed by atoms with van der Waals surface area (Å²) >= 11 is 0. The Labute approximate surface area is 543 Å². The first kappa shape index (κ1) is 70.2. The van der Waals surface area contributed by atoms with Gasteiger partial charge in [0.05, 0.1) is 16.6 Å². The lowest BCUT2D eigenvalue weighted by Crippen LogP contribution is -2.57. The molecular weight excluding hydrogens is 1200 g/mol. The van der Waals surface area contributed by atoms with E-state index in [2.05, 4.69) is 28.6 Å². The number of piperazine rings is 2. The summed E-state index contributed by atoms with van der Waals surface area (Å²) in [5.41, 5.74) is 6.54. The van der Waals surface area contributed by atoms with Crippen LogP contribution in [0.4, 0.5) is 8.78 Å². The number of hydrogen-bond donors (Lipinski definition) is 3. The van der Waals surface area contributed by atoms with Gasteiger partial charge in [-0.15, -0.1) is 0 Å². The van der Waals surface area contributed by atoms with Crippen LogP contribution in [0.15, 0.2) is 146 Å². The molecule has 12 rings (SSSR count). The third-order valence-electron chi connectivity index (χ3n) is 18.0. The maximum Gasteiger partial charge on any atom is 0.295 e. The van der Waals surface area contributed by atoms with E-state index in [1.54, 1.807) is 82.7 Å². The van der Waals surface area contributed by atoms with Crippen LogP contribution in [0.25, 0.3) is 21.8 Å². The molecule has 4 aliphatic rings. The van der Waals surface area contributed by atoms with Crippen LogP contribution in [0.3, 0.4) is 0 Å². The summed E-state index contributed by atoms with van der Waals surface area (Å²) in [5, 5.41) is 2.31. The van der Waals surface area contributed by atoms with E-state index in [0.29, 0.717) is 109 Å². The van der Waals surface area contributed by atoms with Crippen molar-refractivity contribution in [3.05, 3.63) is 202 Å². The summed E-state index contributed by atoms with van der Waals surface area (Å²) in [7, 11) is -3.13. The van der Waals surface area contributed by atoms with E-state index in [9.17, 15) is 42.1 Å². The van der Waals surface area contributed by atoms with E-state index in [1.807, 2.05) is 80.0 Å². The number of fused-ring (bicyclic) bond motifs is 2. The van der Waals surface area contributed by atoms with Crippen LogP contribution < -0.4 is 22.3 Å². The highest BCUT2D eigenvalue weighted by molar-refractivity contribution is 7.74. The molecule has 6 aromatic carbocycles. The van der Waals surface area contributed by atoms with E-state index < -0.39 is 30.7 Å². The molecule has 0 bridgehead atoms. The zero-order valence-corrected chi connectivity index (χ0v) is 53.2. The topological polar surface area (TPSA) is 221 Å². The SMILES string of the molecule is C.C.Cc1cc2[nH]cc(C(=O)C(=O)N3CCCC3)c2cc1C(=O)N1C[C@H](C)N(Cc2ccc(F)cc2)C[C@H]1C.Cc1cc2c(cc1C(=O)N1C[C@H](C)N(Cc3ccc(F)cc3)C[C@H]1C)c(C(=O)C(=O)N1CCCC1)cn2N.NOP(=O)(c1ccccc1)c1ccccc1. The van der Waals surface area contributed by atoms with Crippen LogP contribution >= 0.6 is 7.37 Å². The van der Waals surface area contributed by atoms with Crippen LogP contribution in [-0.4, -0.2) is 151 Å². The number of aromatic nitrogens is 2. The zero-order valence-electron chi connectivity index (χ0n) is 52.3. The van der Waals surface area contributed by atoms with Crippen molar-refractivity contribution in [2.75, 3.05) is 58.2 Å². The molecule has 93 heavy (non-hydrogen) atoms. The van der Waals surface area contributed by atoms with Gasteiger partial charge >= 0.3 is 0 Å². The van der Waals surface area contributed by atoms with E-state index in [1.165, 1.54) is 35.1 Å². The lowest BCUT2D eigenvalue weighted by molar-refractivity contribution is -0.126. The smallest absolute Gasteiger partial charge is 0.295 e. The second-order valence-electron chi connectivity index (χ2n) is 24.5. The molecule has 4 atom stereocenters. The first-order chi connectivity index (χ1) is 43.6. The van der Waals surface area contributed by atoms with Crippen molar-refractivity contribution in [1.82, 2.24) is 39.1 Å². The first-order valence-corrected chi connectivity index (χ1v) is 32.6. The van der Waals surface area contributed by atoms with Crippen molar-refractivity contribution in [2.24, 2.45) is 5.90 Å². The molecule has 0 aliphatic carbocycles. The molecule has 5 N–H and O–H groups in total. The predicted molar refractivity (Wildman–Crippen MR) is 362 cm³/mol. The molecule has 0 spiro atoms. The molecule has 4 aliphatic heterocycles. The van der Waals surface area contributed by atoms with E-state index in [-0.39, 0.29) is 68.0 Å². The largest absolute Gasteiger partial charge is 0.360 e. The van der Waals surface area contributed by atoms with Crippen LogP contribution in [0, 0.1) is 25.5 Å². The van der Waals surface area contributed by atoms with Crippen molar-refractivity contribution >= 4 is 75.0 Å². The number of aryl methyl sites for hydroxylation is 2. The Kier molecular flexibility index (Phi) is 23.0. The van der Waals surface area contributed by atoms with E-state index >= 15 is 0 Å². The molecule has 4 fully saturated rings. The third kappa shape index (κ3) is 15.4. The van der Waals surface area contributed by atoms with Crippen LogP contribution in [-0.2, 0) is 31.9 Å². The Balaban J connectivity index is 0.000000191. The van der Waals surface area contributed by atoms with Gasteiger partial charge in [0.15, 0.2) is 0 Å². The number of halogens is 2. The molecule has 0 unspecified atom stereocenters. The van der Waals surface area contributed by atoms with Crippen molar-refractivity contribution < 1.29 is 46.7 Å².